The van der Waals surface area contributed by atoms with Crippen LogP contribution in [0.4, 0.5) is 0 Å². The first-order chi connectivity index (χ1) is 6.99. The van der Waals surface area contributed by atoms with Crippen LogP contribution in [0, 0.1) is 5.41 Å². The van der Waals surface area contributed by atoms with Crippen LogP contribution in [-0.2, 0) is 0 Å². The van der Waals surface area contributed by atoms with E-state index in [1.54, 1.807) is 0 Å². The van der Waals surface area contributed by atoms with Gasteiger partial charge in [0.05, 0.1) is 0 Å². The smallest absolute Gasteiger partial charge is 0.0114 e. The zero-order chi connectivity index (χ0) is 11.1. The molecule has 0 aromatic heterocycles. The molecule has 2 saturated heterocycles. The van der Waals surface area contributed by atoms with Crippen LogP contribution in [-0.4, -0.2) is 36.6 Å². The fourth-order valence-corrected chi connectivity index (χ4v) is 3.32. The normalized spacial score (nSPS) is 37.2. The highest BCUT2D eigenvalue weighted by molar-refractivity contribution is 4.98. The summed E-state index contributed by atoms with van der Waals surface area (Å²) in [7, 11) is 2.11. The third-order valence-corrected chi connectivity index (χ3v) is 3.95. The number of hydrogen-bond donors (Lipinski definition) is 1. The van der Waals surface area contributed by atoms with E-state index in [0.29, 0.717) is 5.41 Å². The molecule has 0 aromatic carbocycles. The Bertz CT molecular complexity index is 205. The molecule has 88 valence electrons. The van der Waals surface area contributed by atoms with E-state index in [0.717, 1.165) is 18.1 Å². The van der Waals surface area contributed by atoms with Gasteiger partial charge < -0.3 is 5.32 Å². The van der Waals surface area contributed by atoms with Crippen molar-refractivity contribution in [2.24, 2.45) is 5.41 Å². The Kier molecular flexibility index (Phi) is 3.09. The third-order valence-electron chi connectivity index (χ3n) is 3.95. The number of nitrogens with one attached hydrogen (secondary N) is 1. The highest BCUT2D eigenvalue weighted by Crippen LogP contribution is 2.37. The standard InChI is InChI=1S/C13H26N2/c1-13(2,3)9-15-11-5-6-12(15)8-10(7-11)14-4/h10-12,14H,5-9H2,1-4H3. The molecule has 2 unspecified atom stereocenters. The minimum absolute atomic E-state index is 0.452. The lowest BCUT2D eigenvalue weighted by atomic mass is 9.91. The van der Waals surface area contributed by atoms with Crippen LogP contribution in [0.5, 0.6) is 0 Å². The Labute approximate surface area is 94.4 Å². The molecule has 2 heteroatoms. The average Bonchev–Trinajstić information content (AvgIpc) is 2.37. The largest absolute Gasteiger partial charge is 0.317 e. The van der Waals surface area contributed by atoms with Gasteiger partial charge in [-0.05, 0) is 38.1 Å². The lowest BCUT2D eigenvalue weighted by Crippen LogP contribution is -2.50. The maximum absolute atomic E-state index is 3.46. The molecule has 2 aliphatic rings. The minimum atomic E-state index is 0.452. The minimum Gasteiger partial charge on any atom is -0.317 e. The predicted octanol–water partition coefficient (Wildman–Crippen LogP) is 2.25. The van der Waals surface area contributed by atoms with Crippen molar-refractivity contribution < 1.29 is 0 Å². The first kappa shape index (κ1) is 11.4. The molecule has 0 aromatic rings. The van der Waals surface area contributed by atoms with Crippen molar-refractivity contribution in [1.29, 1.82) is 0 Å². The molecular weight excluding hydrogens is 184 g/mol. The fraction of sp³-hybridized carbons (Fsp3) is 1.00. The molecule has 2 aliphatic heterocycles. The van der Waals surface area contributed by atoms with Gasteiger partial charge in [-0.1, -0.05) is 20.8 Å². The van der Waals surface area contributed by atoms with Crippen molar-refractivity contribution in [3.63, 3.8) is 0 Å². The molecule has 2 atom stereocenters. The van der Waals surface area contributed by atoms with Crippen molar-refractivity contribution >= 4 is 0 Å². The zero-order valence-electron chi connectivity index (χ0n) is 10.7. The number of nitrogens with zero attached hydrogens (tertiary/aromatic N) is 1. The van der Waals surface area contributed by atoms with Crippen molar-refractivity contribution in [2.75, 3.05) is 13.6 Å². The topological polar surface area (TPSA) is 15.3 Å². The van der Waals surface area contributed by atoms with Crippen molar-refractivity contribution in [3.8, 4) is 0 Å². The van der Waals surface area contributed by atoms with Crippen LogP contribution in [0.1, 0.15) is 46.5 Å². The van der Waals surface area contributed by atoms with Crippen LogP contribution in [0.2, 0.25) is 0 Å². The summed E-state index contributed by atoms with van der Waals surface area (Å²) >= 11 is 0. The van der Waals surface area contributed by atoms with Crippen LogP contribution in [0.15, 0.2) is 0 Å². The second kappa shape index (κ2) is 4.06. The van der Waals surface area contributed by atoms with Gasteiger partial charge in [0.25, 0.3) is 0 Å². The van der Waals surface area contributed by atoms with E-state index < -0.39 is 0 Å². The quantitative estimate of drug-likeness (QED) is 0.752. The van der Waals surface area contributed by atoms with E-state index in [9.17, 15) is 0 Å². The van der Waals surface area contributed by atoms with Crippen LogP contribution >= 0.6 is 0 Å². The van der Waals surface area contributed by atoms with Crippen LogP contribution in [0.3, 0.4) is 0 Å². The van der Waals surface area contributed by atoms with Crippen molar-refractivity contribution in [1.82, 2.24) is 10.2 Å². The predicted molar refractivity (Wildman–Crippen MR) is 65.1 cm³/mol. The SMILES string of the molecule is CNC1CC2CCC(C1)N2CC(C)(C)C. The molecule has 0 aliphatic carbocycles. The Balaban J connectivity index is 1.99. The summed E-state index contributed by atoms with van der Waals surface area (Å²) in [4.78, 5) is 2.79. The third kappa shape index (κ3) is 2.54. The average molecular weight is 210 g/mol. The molecule has 2 bridgehead atoms. The summed E-state index contributed by atoms with van der Waals surface area (Å²) in [5, 5.41) is 3.46. The second-order valence-corrected chi connectivity index (χ2v) is 6.57. The summed E-state index contributed by atoms with van der Waals surface area (Å²) in [6, 6.07) is 2.50. The van der Waals surface area contributed by atoms with Gasteiger partial charge in [-0.2, -0.15) is 0 Å². The highest BCUT2D eigenvalue weighted by atomic mass is 15.2. The van der Waals surface area contributed by atoms with Gasteiger partial charge in [0.2, 0.25) is 0 Å². The first-order valence-corrected chi connectivity index (χ1v) is 6.42. The summed E-state index contributed by atoms with van der Waals surface area (Å²) in [6.07, 6.45) is 5.59. The number of rotatable bonds is 2. The van der Waals surface area contributed by atoms with E-state index in [1.807, 2.05) is 0 Å². The monoisotopic (exact) mass is 210 g/mol. The first-order valence-electron chi connectivity index (χ1n) is 6.42. The maximum atomic E-state index is 3.46. The van der Waals surface area contributed by atoms with Crippen LogP contribution < -0.4 is 5.32 Å². The van der Waals surface area contributed by atoms with Gasteiger partial charge in [-0.25, -0.2) is 0 Å². The number of fused-ring (bicyclic) bond motifs is 2. The second-order valence-electron chi connectivity index (χ2n) is 6.57. The number of piperidine rings is 1. The van der Waals surface area contributed by atoms with Crippen molar-refractivity contribution in [2.45, 2.75) is 64.6 Å². The molecule has 0 spiro atoms. The highest BCUT2D eigenvalue weighted by Gasteiger charge is 2.41. The van der Waals surface area contributed by atoms with Gasteiger partial charge in [0, 0.05) is 24.7 Å². The van der Waals surface area contributed by atoms with Crippen molar-refractivity contribution in [3.05, 3.63) is 0 Å². The fourth-order valence-electron chi connectivity index (χ4n) is 3.32. The molecule has 2 nitrogen and oxygen atoms in total. The Morgan fingerprint density at radius 2 is 1.67 bits per heavy atom. The van der Waals surface area contributed by atoms with E-state index >= 15 is 0 Å². The van der Waals surface area contributed by atoms with Gasteiger partial charge >= 0.3 is 0 Å². The van der Waals surface area contributed by atoms with Gasteiger partial charge in [0.1, 0.15) is 0 Å². The van der Waals surface area contributed by atoms with Gasteiger partial charge in [-0.3, -0.25) is 4.90 Å². The summed E-state index contributed by atoms with van der Waals surface area (Å²) in [6.45, 7) is 8.35. The maximum Gasteiger partial charge on any atom is 0.0114 e. The molecule has 0 saturated carbocycles. The molecule has 0 amide bonds. The van der Waals surface area contributed by atoms with Gasteiger partial charge in [-0.15, -0.1) is 0 Å². The number of hydrogen-bond acceptors (Lipinski definition) is 2. The lowest BCUT2D eigenvalue weighted by Gasteiger charge is -2.42. The molecular formula is C13H26N2. The molecule has 0 radical (unpaired) electrons. The molecule has 1 N–H and O–H groups in total. The zero-order valence-corrected chi connectivity index (χ0v) is 10.7. The molecule has 15 heavy (non-hydrogen) atoms. The summed E-state index contributed by atoms with van der Waals surface area (Å²) < 4.78 is 0. The summed E-state index contributed by atoms with van der Waals surface area (Å²) in [5.74, 6) is 0. The molecule has 2 heterocycles. The van der Waals surface area contributed by atoms with E-state index in [2.05, 4.69) is 38.0 Å². The van der Waals surface area contributed by atoms with E-state index in [-0.39, 0.29) is 0 Å². The summed E-state index contributed by atoms with van der Waals surface area (Å²) in [5.41, 5.74) is 0.452. The van der Waals surface area contributed by atoms with Gasteiger partial charge in [0.15, 0.2) is 0 Å². The van der Waals surface area contributed by atoms with Crippen LogP contribution in [0.25, 0.3) is 0 Å². The Morgan fingerprint density at radius 1 is 1.13 bits per heavy atom. The van der Waals surface area contributed by atoms with E-state index in [1.165, 1.54) is 32.2 Å². The Hall–Kier alpha value is -0.0800. The van der Waals surface area contributed by atoms with E-state index in [4.69, 9.17) is 0 Å². The Morgan fingerprint density at radius 3 is 2.07 bits per heavy atom. The lowest BCUT2D eigenvalue weighted by molar-refractivity contribution is 0.0813. The molecule has 2 fully saturated rings. The molecule has 2 rings (SSSR count).